The maximum atomic E-state index is 12.8. The molecule has 0 aromatic carbocycles. The van der Waals surface area contributed by atoms with E-state index in [0.717, 1.165) is 58.0 Å². The number of carbonyl (C=O) groups excluding carboxylic acids is 1. The summed E-state index contributed by atoms with van der Waals surface area (Å²) < 4.78 is 6.96. The van der Waals surface area contributed by atoms with Crippen LogP contribution >= 0.6 is 0 Å². The number of fused-ring (bicyclic) bond motifs is 1. The number of hydrogen-bond donors (Lipinski definition) is 0. The average Bonchev–Trinajstić information content (AvgIpc) is 3.19. The van der Waals surface area contributed by atoms with E-state index in [-0.39, 0.29) is 5.91 Å². The second-order valence-corrected chi connectivity index (χ2v) is 7.03. The molecule has 2 atom stereocenters. The zero-order valence-corrected chi connectivity index (χ0v) is 15.0. The number of ether oxygens (including phenoxy) is 1. The molecule has 2 aliphatic rings. The predicted octanol–water partition coefficient (Wildman–Crippen LogP) is 1.72. The maximum Gasteiger partial charge on any atom is 0.272 e. The summed E-state index contributed by atoms with van der Waals surface area (Å²) in [5.74, 6) is 1.46. The monoisotopic (exact) mass is 334 g/mol. The van der Waals surface area contributed by atoms with Crippen molar-refractivity contribution in [3.8, 4) is 0 Å². The van der Waals surface area contributed by atoms with Gasteiger partial charge in [-0.05, 0) is 57.2 Å². The molecule has 1 amide bonds. The molecule has 0 N–H and O–H groups in total. The minimum Gasteiger partial charge on any atom is -0.385 e. The third-order valence-electron chi connectivity index (χ3n) is 5.55. The molecule has 2 saturated heterocycles. The Kier molecular flexibility index (Phi) is 5.89. The van der Waals surface area contributed by atoms with Gasteiger partial charge < -0.3 is 14.5 Å². The molecule has 3 heterocycles. The highest BCUT2D eigenvalue weighted by Gasteiger charge is 2.37. The zero-order chi connectivity index (χ0) is 16.9. The number of amides is 1. The lowest BCUT2D eigenvalue weighted by Gasteiger charge is -2.22. The number of hydrogen-bond acceptors (Lipinski definition) is 4. The fourth-order valence-corrected chi connectivity index (χ4v) is 4.15. The van der Waals surface area contributed by atoms with Gasteiger partial charge in [0, 0.05) is 46.1 Å². The molecule has 6 heteroatoms. The first-order valence-electron chi connectivity index (χ1n) is 9.25. The lowest BCUT2D eigenvalue weighted by molar-refractivity contribution is 0.0767. The third-order valence-corrected chi connectivity index (χ3v) is 5.55. The van der Waals surface area contributed by atoms with E-state index in [1.54, 1.807) is 18.0 Å². The molecular weight excluding hydrogens is 304 g/mol. The number of aryl methyl sites for hydroxylation is 1. The fraction of sp³-hybridized carbons (Fsp3) is 0.778. The second kappa shape index (κ2) is 8.12. The summed E-state index contributed by atoms with van der Waals surface area (Å²) >= 11 is 0. The van der Waals surface area contributed by atoms with Gasteiger partial charge in [-0.1, -0.05) is 0 Å². The molecule has 3 rings (SSSR count). The SMILES string of the molecule is CCn1nccc1C(=O)N1C[C@H]2CCN(CCCOC)CC[C@H]2C1. The Morgan fingerprint density at radius 3 is 2.62 bits per heavy atom. The van der Waals surface area contributed by atoms with Gasteiger partial charge >= 0.3 is 0 Å². The van der Waals surface area contributed by atoms with E-state index in [4.69, 9.17) is 4.74 Å². The molecule has 0 unspecified atom stereocenters. The zero-order valence-electron chi connectivity index (χ0n) is 15.0. The second-order valence-electron chi connectivity index (χ2n) is 7.03. The van der Waals surface area contributed by atoms with Gasteiger partial charge in [0.05, 0.1) is 0 Å². The summed E-state index contributed by atoms with van der Waals surface area (Å²) in [6, 6.07) is 1.84. The first kappa shape index (κ1) is 17.4. The molecule has 0 spiro atoms. The van der Waals surface area contributed by atoms with Crippen LogP contribution in [0.1, 0.15) is 36.7 Å². The van der Waals surface area contributed by atoms with E-state index in [1.807, 2.05) is 13.0 Å². The summed E-state index contributed by atoms with van der Waals surface area (Å²) in [6.45, 7) is 8.86. The van der Waals surface area contributed by atoms with Crippen molar-refractivity contribution in [1.82, 2.24) is 19.6 Å². The molecule has 1 aromatic rings. The van der Waals surface area contributed by atoms with Gasteiger partial charge in [0.1, 0.15) is 5.69 Å². The van der Waals surface area contributed by atoms with E-state index in [0.29, 0.717) is 11.8 Å². The largest absolute Gasteiger partial charge is 0.385 e. The topological polar surface area (TPSA) is 50.6 Å². The molecule has 134 valence electrons. The molecule has 2 fully saturated rings. The molecule has 0 radical (unpaired) electrons. The van der Waals surface area contributed by atoms with Crippen LogP contribution in [-0.2, 0) is 11.3 Å². The number of carbonyl (C=O) groups is 1. The van der Waals surface area contributed by atoms with Crippen LogP contribution in [0.3, 0.4) is 0 Å². The summed E-state index contributed by atoms with van der Waals surface area (Å²) in [6.07, 6.45) is 5.24. The smallest absolute Gasteiger partial charge is 0.272 e. The fourth-order valence-electron chi connectivity index (χ4n) is 4.15. The Labute approximate surface area is 144 Å². The minimum atomic E-state index is 0.152. The van der Waals surface area contributed by atoms with Crippen molar-refractivity contribution < 1.29 is 9.53 Å². The summed E-state index contributed by atoms with van der Waals surface area (Å²) in [5, 5.41) is 4.23. The van der Waals surface area contributed by atoms with Crippen LogP contribution in [-0.4, -0.2) is 71.9 Å². The normalized spacial score (nSPS) is 24.8. The number of methoxy groups -OCH3 is 1. The first-order valence-corrected chi connectivity index (χ1v) is 9.25. The van der Waals surface area contributed by atoms with Crippen LogP contribution in [0.2, 0.25) is 0 Å². The highest BCUT2D eigenvalue weighted by Crippen LogP contribution is 2.32. The lowest BCUT2D eigenvalue weighted by atomic mass is 9.92. The molecule has 24 heavy (non-hydrogen) atoms. The van der Waals surface area contributed by atoms with Crippen LogP contribution in [0.25, 0.3) is 0 Å². The number of aromatic nitrogens is 2. The molecule has 1 aromatic heterocycles. The van der Waals surface area contributed by atoms with E-state index >= 15 is 0 Å². The highest BCUT2D eigenvalue weighted by atomic mass is 16.5. The summed E-state index contributed by atoms with van der Waals surface area (Å²) in [4.78, 5) is 17.4. The molecule has 0 bridgehead atoms. The van der Waals surface area contributed by atoms with Crippen LogP contribution < -0.4 is 0 Å². The van der Waals surface area contributed by atoms with Crippen LogP contribution in [0.15, 0.2) is 12.3 Å². The highest BCUT2D eigenvalue weighted by molar-refractivity contribution is 5.92. The summed E-state index contributed by atoms with van der Waals surface area (Å²) in [5.41, 5.74) is 0.732. The van der Waals surface area contributed by atoms with Crippen LogP contribution in [0.4, 0.5) is 0 Å². The first-order chi connectivity index (χ1) is 11.7. The Hall–Kier alpha value is -1.40. The van der Waals surface area contributed by atoms with E-state index in [1.165, 1.54) is 12.8 Å². The predicted molar refractivity (Wildman–Crippen MR) is 93.0 cm³/mol. The van der Waals surface area contributed by atoms with Gasteiger partial charge in [-0.15, -0.1) is 0 Å². The van der Waals surface area contributed by atoms with E-state index in [9.17, 15) is 4.79 Å². The minimum absolute atomic E-state index is 0.152. The van der Waals surface area contributed by atoms with Crippen molar-refractivity contribution in [3.05, 3.63) is 18.0 Å². The van der Waals surface area contributed by atoms with Gasteiger partial charge in [-0.2, -0.15) is 5.10 Å². The molecule has 2 aliphatic heterocycles. The quantitative estimate of drug-likeness (QED) is 0.744. The van der Waals surface area contributed by atoms with Gasteiger partial charge in [0.25, 0.3) is 5.91 Å². The average molecular weight is 334 g/mol. The maximum absolute atomic E-state index is 12.8. The Bertz CT molecular complexity index is 529. The van der Waals surface area contributed by atoms with E-state index < -0.39 is 0 Å². The van der Waals surface area contributed by atoms with Crippen LogP contribution in [0.5, 0.6) is 0 Å². The van der Waals surface area contributed by atoms with Gasteiger partial charge in [-0.3, -0.25) is 9.48 Å². The number of nitrogens with zero attached hydrogens (tertiary/aromatic N) is 4. The third kappa shape index (κ3) is 3.81. The van der Waals surface area contributed by atoms with Gasteiger partial charge in [-0.25, -0.2) is 0 Å². The van der Waals surface area contributed by atoms with Crippen molar-refractivity contribution in [2.24, 2.45) is 11.8 Å². The standard InChI is InChI=1S/C18H30N4O2/c1-3-22-17(5-8-19-22)18(23)21-13-15-6-10-20(9-4-12-24-2)11-7-16(15)14-21/h5,8,15-16H,3-4,6-7,9-14H2,1-2H3/t15-,16+. The van der Waals surface area contributed by atoms with Crippen molar-refractivity contribution in [3.63, 3.8) is 0 Å². The molecule has 0 aliphatic carbocycles. The lowest BCUT2D eigenvalue weighted by Crippen LogP contribution is -2.32. The molecule has 6 nitrogen and oxygen atoms in total. The van der Waals surface area contributed by atoms with E-state index in [2.05, 4.69) is 14.9 Å². The van der Waals surface area contributed by atoms with Crippen molar-refractivity contribution in [2.75, 3.05) is 46.4 Å². The van der Waals surface area contributed by atoms with Crippen LogP contribution in [0, 0.1) is 11.8 Å². The summed E-state index contributed by atoms with van der Waals surface area (Å²) in [7, 11) is 1.77. The Balaban J connectivity index is 1.54. The number of rotatable bonds is 6. The Morgan fingerprint density at radius 1 is 1.29 bits per heavy atom. The molecular formula is C18H30N4O2. The van der Waals surface area contributed by atoms with Crippen molar-refractivity contribution in [2.45, 2.75) is 32.7 Å². The number of likely N-dealkylation sites (tertiary alicyclic amines) is 2. The van der Waals surface area contributed by atoms with Crippen molar-refractivity contribution in [1.29, 1.82) is 0 Å². The van der Waals surface area contributed by atoms with Crippen molar-refractivity contribution >= 4 is 5.91 Å². The van der Waals surface area contributed by atoms with Gasteiger partial charge in [0.2, 0.25) is 0 Å². The van der Waals surface area contributed by atoms with Gasteiger partial charge in [0.15, 0.2) is 0 Å². The Morgan fingerprint density at radius 2 is 2.00 bits per heavy atom. The molecule has 0 saturated carbocycles.